The smallest absolute Gasteiger partial charge is 0.222 e. The van der Waals surface area contributed by atoms with Crippen molar-refractivity contribution in [1.82, 2.24) is 4.90 Å². The molecule has 2 aromatic carbocycles. The SMILES string of the molecule is CCCCC(CC)CN(CCc1ccccc1)C(=O)CCc1ccccc1. The first-order chi connectivity index (χ1) is 13.2. The maximum absolute atomic E-state index is 13.0. The van der Waals surface area contributed by atoms with Crippen LogP contribution in [-0.4, -0.2) is 23.9 Å². The van der Waals surface area contributed by atoms with Crippen LogP contribution in [0.15, 0.2) is 60.7 Å². The minimum atomic E-state index is 0.296. The third-order valence-electron chi connectivity index (χ3n) is 5.36. The van der Waals surface area contributed by atoms with Crippen LogP contribution in [0.5, 0.6) is 0 Å². The van der Waals surface area contributed by atoms with Gasteiger partial charge in [0.1, 0.15) is 0 Å². The molecule has 0 aromatic heterocycles. The standard InChI is InChI=1S/C25H35NO/c1-3-5-12-22(4-2)21-26(20-19-24-15-10-7-11-16-24)25(27)18-17-23-13-8-6-9-14-23/h6-11,13-16,22H,3-5,12,17-21H2,1-2H3. The number of amides is 1. The first-order valence-corrected chi connectivity index (χ1v) is 10.6. The number of nitrogens with zero attached hydrogens (tertiary/aromatic N) is 1. The third kappa shape index (κ3) is 7.99. The van der Waals surface area contributed by atoms with E-state index in [4.69, 9.17) is 0 Å². The van der Waals surface area contributed by atoms with E-state index in [9.17, 15) is 4.79 Å². The Hall–Kier alpha value is -2.09. The van der Waals surface area contributed by atoms with Crippen molar-refractivity contribution < 1.29 is 4.79 Å². The average molecular weight is 366 g/mol. The molecule has 0 aliphatic carbocycles. The Labute approximate surface area is 165 Å². The summed E-state index contributed by atoms with van der Waals surface area (Å²) in [4.78, 5) is 15.1. The van der Waals surface area contributed by atoms with Crippen molar-refractivity contribution in [2.45, 2.75) is 58.8 Å². The zero-order valence-corrected chi connectivity index (χ0v) is 17.1. The summed E-state index contributed by atoms with van der Waals surface area (Å²) in [5.41, 5.74) is 2.55. The maximum atomic E-state index is 13.0. The van der Waals surface area contributed by atoms with E-state index in [1.165, 1.54) is 30.4 Å². The molecule has 0 bridgehead atoms. The van der Waals surface area contributed by atoms with Gasteiger partial charge in [-0.1, -0.05) is 93.8 Å². The van der Waals surface area contributed by atoms with Crippen LogP contribution in [0, 0.1) is 5.92 Å². The van der Waals surface area contributed by atoms with Gasteiger partial charge in [-0.2, -0.15) is 0 Å². The van der Waals surface area contributed by atoms with E-state index in [1.807, 2.05) is 24.3 Å². The lowest BCUT2D eigenvalue weighted by Gasteiger charge is -2.28. The summed E-state index contributed by atoms with van der Waals surface area (Å²) in [7, 11) is 0. The summed E-state index contributed by atoms with van der Waals surface area (Å²) in [6.45, 7) is 6.21. The number of carbonyl (C=O) groups is 1. The monoisotopic (exact) mass is 365 g/mol. The van der Waals surface area contributed by atoms with Crippen molar-refractivity contribution in [3.05, 3.63) is 71.8 Å². The molecule has 0 radical (unpaired) electrons. The summed E-state index contributed by atoms with van der Waals surface area (Å²) in [5, 5.41) is 0. The summed E-state index contributed by atoms with van der Waals surface area (Å²) in [6.07, 6.45) is 7.21. The first kappa shape index (κ1) is 21.2. The van der Waals surface area contributed by atoms with Crippen LogP contribution in [0.2, 0.25) is 0 Å². The van der Waals surface area contributed by atoms with E-state index >= 15 is 0 Å². The molecule has 1 amide bonds. The zero-order valence-electron chi connectivity index (χ0n) is 17.1. The molecule has 0 aliphatic rings. The van der Waals surface area contributed by atoms with Crippen molar-refractivity contribution in [1.29, 1.82) is 0 Å². The van der Waals surface area contributed by atoms with Crippen LogP contribution in [0.3, 0.4) is 0 Å². The summed E-state index contributed by atoms with van der Waals surface area (Å²) < 4.78 is 0. The van der Waals surface area contributed by atoms with E-state index in [-0.39, 0.29) is 0 Å². The molecule has 2 heteroatoms. The van der Waals surface area contributed by atoms with Gasteiger partial charge in [0.25, 0.3) is 0 Å². The molecule has 0 aliphatic heterocycles. The second-order valence-electron chi connectivity index (χ2n) is 7.48. The largest absolute Gasteiger partial charge is 0.342 e. The molecule has 2 aromatic rings. The average Bonchev–Trinajstić information content (AvgIpc) is 2.73. The van der Waals surface area contributed by atoms with Gasteiger partial charge in [0.05, 0.1) is 0 Å². The normalized spacial score (nSPS) is 11.9. The quantitative estimate of drug-likeness (QED) is 0.458. The Morgan fingerprint density at radius 1 is 0.889 bits per heavy atom. The van der Waals surface area contributed by atoms with Crippen LogP contribution in [-0.2, 0) is 17.6 Å². The fourth-order valence-corrected chi connectivity index (χ4v) is 3.51. The van der Waals surface area contributed by atoms with Crippen molar-refractivity contribution in [3.8, 4) is 0 Å². The molecule has 2 rings (SSSR count). The fourth-order valence-electron chi connectivity index (χ4n) is 3.51. The molecule has 0 heterocycles. The van der Waals surface area contributed by atoms with E-state index in [0.717, 1.165) is 32.4 Å². The summed E-state index contributed by atoms with van der Waals surface area (Å²) in [5.74, 6) is 0.908. The zero-order chi connectivity index (χ0) is 19.3. The van der Waals surface area contributed by atoms with Gasteiger partial charge in [-0.15, -0.1) is 0 Å². The van der Waals surface area contributed by atoms with Gasteiger partial charge in [-0.25, -0.2) is 0 Å². The van der Waals surface area contributed by atoms with E-state index in [0.29, 0.717) is 18.2 Å². The van der Waals surface area contributed by atoms with Crippen molar-refractivity contribution in [2.24, 2.45) is 5.92 Å². The molecule has 146 valence electrons. The Morgan fingerprint density at radius 3 is 2.04 bits per heavy atom. The van der Waals surface area contributed by atoms with Crippen LogP contribution in [0.1, 0.15) is 57.1 Å². The number of rotatable bonds is 12. The molecule has 1 atom stereocenters. The Kier molecular flexibility index (Phi) is 9.68. The lowest BCUT2D eigenvalue weighted by molar-refractivity contribution is -0.131. The molecule has 0 saturated heterocycles. The van der Waals surface area contributed by atoms with Crippen LogP contribution < -0.4 is 0 Å². The third-order valence-corrected chi connectivity index (χ3v) is 5.36. The fraction of sp³-hybridized carbons (Fsp3) is 0.480. The topological polar surface area (TPSA) is 20.3 Å². The summed E-state index contributed by atoms with van der Waals surface area (Å²) >= 11 is 0. The van der Waals surface area contributed by atoms with Gasteiger partial charge in [-0.3, -0.25) is 4.79 Å². The van der Waals surface area contributed by atoms with Gasteiger partial charge >= 0.3 is 0 Å². The molecule has 0 spiro atoms. The van der Waals surface area contributed by atoms with Crippen LogP contribution >= 0.6 is 0 Å². The van der Waals surface area contributed by atoms with Gasteiger partial charge < -0.3 is 4.90 Å². The number of hydrogen-bond donors (Lipinski definition) is 0. The highest BCUT2D eigenvalue weighted by atomic mass is 16.2. The van der Waals surface area contributed by atoms with Gasteiger partial charge in [0.2, 0.25) is 5.91 Å². The van der Waals surface area contributed by atoms with E-state index in [1.54, 1.807) is 0 Å². The predicted octanol–water partition coefficient (Wildman–Crippen LogP) is 5.91. The van der Waals surface area contributed by atoms with Gasteiger partial charge in [0, 0.05) is 19.5 Å². The number of hydrogen-bond acceptors (Lipinski definition) is 1. The maximum Gasteiger partial charge on any atom is 0.222 e. The van der Waals surface area contributed by atoms with Crippen molar-refractivity contribution in [2.75, 3.05) is 13.1 Å². The van der Waals surface area contributed by atoms with E-state index < -0.39 is 0 Å². The Balaban J connectivity index is 1.96. The number of benzene rings is 2. The molecule has 1 unspecified atom stereocenters. The highest BCUT2D eigenvalue weighted by Crippen LogP contribution is 2.16. The molecular formula is C25H35NO. The van der Waals surface area contributed by atoms with Crippen LogP contribution in [0.25, 0.3) is 0 Å². The Morgan fingerprint density at radius 2 is 1.48 bits per heavy atom. The molecule has 2 nitrogen and oxygen atoms in total. The Bertz CT molecular complexity index is 638. The molecule has 0 N–H and O–H groups in total. The second-order valence-corrected chi connectivity index (χ2v) is 7.48. The highest BCUT2D eigenvalue weighted by Gasteiger charge is 2.18. The van der Waals surface area contributed by atoms with Gasteiger partial charge in [0.15, 0.2) is 0 Å². The molecule has 0 fully saturated rings. The second kappa shape index (κ2) is 12.3. The number of aryl methyl sites for hydroxylation is 1. The van der Waals surface area contributed by atoms with E-state index in [2.05, 4.69) is 55.1 Å². The predicted molar refractivity (Wildman–Crippen MR) is 115 cm³/mol. The van der Waals surface area contributed by atoms with Crippen molar-refractivity contribution in [3.63, 3.8) is 0 Å². The first-order valence-electron chi connectivity index (χ1n) is 10.6. The molecule has 27 heavy (non-hydrogen) atoms. The lowest BCUT2D eigenvalue weighted by atomic mass is 9.98. The molecular weight excluding hydrogens is 330 g/mol. The molecule has 0 saturated carbocycles. The minimum Gasteiger partial charge on any atom is -0.342 e. The lowest BCUT2D eigenvalue weighted by Crippen LogP contribution is -2.37. The van der Waals surface area contributed by atoms with Gasteiger partial charge in [-0.05, 0) is 36.3 Å². The number of unbranched alkanes of at least 4 members (excludes halogenated alkanes) is 1. The van der Waals surface area contributed by atoms with Crippen LogP contribution in [0.4, 0.5) is 0 Å². The highest BCUT2D eigenvalue weighted by molar-refractivity contribution is 5.76. The van der Waals surface area contributed by atoms with Crippen molar-refractivity contribution >= 4 is 5.91 Å². The number of carbonyl (C=O) groups excluding carboxylic acids is 1. The summed E-state index contributed by atoms with van der Waals surface area (Å²) in [6, 6.07) is 20.8. The minimum absolute atomic E-state index is 0.296.